The lowest BCUT2D eigenvalue weighted by molar-refractivity contribution is 0.101. The molecule has 1 N–H and O–H groups in total. The summed E-state index contributed by atoms with van der Waals surface area (Å²) in [6.07, 6.45) is 0. The molecule has 0 fully saturated rings. The van der Waals surface area contributed by atoms with Gasteiger partial charge in [0.25, 0.3) is 0 Å². The summed E-state index contributed by atoms with van der Waals surface area (Å²) < 4.78 is 27.2. The summed E-state index contributed by atoms with van der Waals surface area (Å²) in [4.78, 5) is 11.5. The van der Waals surface area contributed by atoms with Crippen LogP contribution < -0.4 is 4.74 Å². The van der Waals surface area contributed by atoms with E-state index in [1.165, 1.54) is 25.1 Å². The molecule has 2 aromatic carbocycles. The van der Waals surface area contributed by atoms with Crippen LogP contribution in [0, 0.1) is 13.0 Å². The molecule has 2 aromatic rings. The Morgan fingerprint density at radius 1 is 1.27 bits per heavy atom. The number of benzene rings is 2. The van der Waals surface area contributed by atoms with Gasteiger partial charge in [0, 0.05) is 5.56 Å². The van der Waals surface area contributed by atoms with Crippen molar-refractivity contribution < 1.29 is 23.1 Å². The minimum atomic E-state index is -2.62. The van der Waals surface area contributed by atoms with Crippen molar-refractivity contribution >= 4 is 16.5 Å². The van der Waals surface area contributed by atoms with Crippen molar-refractivity contribution in [2.45, 2.75) is 25.3 Å². The van der Waals surface area contributed by atoms with Gasteiger partial charge in [0.1, 0.15) is 18.1 Å². The van der Waals surface area contributed by atoms with Gasteiger partial charge >= 0.3 is 0 Å². The predicted octanol–water partition coefficient (Wildman–Crippen LogP) is 2.25. The number of phenols is 1. The second kappa shape index (κ2) is 6.62. The van der Waals surface area contributed by atoms with Crippen molar-refractivity contribution in [3.8, 4) is 11.5 Å². The van der Waals surface area contributed by atoms with E-state index < -0.39 is 10.7 Å². The molecule has 0 spiro atoms. The minimum absolute atomic E-state index is 0.0901. The number of rotatable bonds is 5. The van der Waals surface area contributed by atoms with Crippen molar-refractivity contribution in [3.63, 3.8) is 0 Å². The molecule has 0 aliphatic carbocycles. The van der Waals surface area contributed by atoms with E-state index in [9.17, 15) is 18.3 Å². The summed E-state index contributed by atoms with van der Waals surface area (Å²) >= 11 is 0. The first-order valence-electron chi connectivity index (χ1n) is 6.51. The van der Waals surface area contributed by atoms with Crippen molar-refractivity contribution in [1.29, 1.82) is 0 Å². The van der Waals surface area contributed by atoms with Crippen LogP contribution in [0.2, 0.25) is 0 Å². The van der Waals surface area contributed by atoms with E-state index in [0.29, 0.717) is 16.9 Å². The first-order valence-corrected chi connectivity index (χ1v) is 7.69. The Balaban J connectivity index is 2.15. The van der Waals surface area contributed by atoms with E-state index in [-0.39, 0.29) is 28.6 Å². The molecule has 0 heterocycles. The van der Waals surface area contributed by atoms with Gasteiger partial charge in [-0.2, -0.15) is 0 Å². The number of thiol groups is 1. The number of aromatic hydroxyl groups is 1. The fourth-order valence-corrected chi connectivity index (χ4v) is 2.30. The number of carbonyl (C=O) groups excluding carboxylic acids is 1. The van der Waals surface area contributed by atoms with Crippen LogP contribution in [0.4, 0.5) is 0 Å². The zero-order chi connectivity index (χ0) is 16.3. The minimum Gasteiger partial charge on any atom is -0.507 e. The topological polar surface area (TPSA) is 80.7 Å². The molecule has 0 amide bonds. The molecule has 5 nitrogen and oxygen atoms in total. The van der Waals surface area contributed by atoms with Crippen LogP contribution in [0.5, 0.6) is 11.5 Å². The highest BCUT2D eigenvalue weighted by molar-refractivity contribution is 7.72. The maximum absolute atomic E-state index is 11.3. The standard InChI is InChI=1S/C16H15O5S/c1-10-15(8-7-14(11(2)17)16(10)18)21-9-12-3-5-13(6-4-12)22(19)20/h3,5-8,18,22H,9H2,1-2H3. The average molecular weight is 319 g/mol. The van der Waals surface area contributed by atoms with Gasteiger partial charge in [-0.05, 0) is 49.7 Å². The average Bonchev–Trinajstić information content (AvgIpc) is 2.48. The highest BCUT2D eigenvalue weighted by Crippen LogP contribution is 2.31. The quantitative estimate of drug-likeness (QED) is 0.652. The van der Waals surface area contributed by atoms with Crippen LogP contribution in [-0.4, -0.2) is 19.3 Å². The molecule has 2 rings (SSSR count). The lowest BCUT2D eigenvalue weighted by Gasteiger charge is -2.12. The SMILES string of the molecule is CC(=O)c1ccc(OCc2[c]cc([SH](=O)=O)cc2)c(C)c1O. The third-order valence-electron chi connectivity index (χ3n) is 3.22. The smallest absolute Gasteiger partial charge is 0.168 e. The molecule has 0 atom stereocenters. The van der Waals surface area contributed by atoms with E-state index in [1.807, 2.05) is 0 Å². The summed E-state index contributed by atoms with van der Waals surface area (Å²) in [7, 11) is -2.62. The number of hydrogen-bond acceptors (Lipinski definition) is 5. The molecular weight excluding hydrogens is 304 g/mol. The molecule has 1 radical (unpaired) electrons. The van der Waals surface area contributed by atoms with E-state index in [2.05, 4.69) is 6.07 Å². The molecule has 0 saturated heterocycles. The van der Waals surface area contributed by atoms with Gasteiger partial charge in [-0.3, -0.25) is 4.79 Å². The van der Waals surface area contributed by atoms with Crippen LogP contribution in [0.25, 0.3) is 0 Å². The molecule has 0 unspecified atom stereocenters. The van der Waals surface area contributed by atoms with Crippen LogP contribution in [-0.2, 0) is 17.3 Å². The number of ether oxygens (including phenoxy) is 1. The lowest BCUT2D eigenvalue weighted by atomic mass is 10.1. The third-order valence-corrected chi connectivity index (χ3v) is 3.92. The Labute approximate surface area is 130 Å². The van der Waals surface area contributed by atoms with E-state index >= 15 is 0 Å². The van der Waals surface area contributed by atoms with Crippen LogP contribution in [0.1, 0.15) is 28.4 Å². The fourth-order valence-electron chi connectivity index (χ4n) is 1.93. The number of carbonyl (C=O) groups is 1. The first kappa shape index (κ1) is 16.0. The Morgan fingerprint density at radius 2 is 2.00 bits per heavy atom. The Kier molecular flexibility index (Phi) is 4.82. The zero-order valence-electron chi connectivity index (χ0n) is 12.1. The molecule has 0 aliphatic heterocycles. The second-order valence-electron chi connectivity index (χ2n) is 4.76. The summed E-state index contributed by atoms with van der Waals surface area (Å²) in [6, 6.07) is 10.4. The Morgan fingerprint density at radius 3 is 2.55 bits per heavy atom. The van der Waals surface area contributed by atoms with Crippen molar-refractivity contribution in [3.05, 3.63) is 53.1 Å². The highest BCUT2D eigenvalue weighted by atomic mass is 32.2. The van der Waals surface area contributed by atoms with Gasteiger partial charge in [0.05, 0.1) is 10.5 Å². The van der Waals surface area contributed by atoms with Crippen LogP contribution >= 0.6 is 0 Å². The van der Waals surface area contributed by atoms with Gasteiger partial charge in [-0.15, -0.1) is 0 Å². The van der Waals surface area contributed by atoms with Crippen molar-refractivity contribution in [2.24, 2.45) is 0 Å². The normalized spacial score (nSPS) is 10.7. The summed E-state index contributed by atoms with van der Waals surface area (Å²) in [6.45, 7) is 3.22. The third kappa shape index (κ3) is 3.46. The number of Topliss-reactive ketones (excluding diaryl/α,β-unsaturated/α-hetero) is 1. The van der Waals surface area contributed by atoms with Crippen molar-refractivity contribution in [2.75, 3.05) is 0 Å². The van der Waals surface area contributed by atoms with E-state index in [1.54, 1.807) is 19.1 Å². The van der Waals surface area contributed by atoms with Crippen LogP contribution in [0.3, 0.4) is 0 Å². The molecular formula is C16H15O5S. The number of ketones is 1. The van der Waals surface area contributed by atoms with Crippen LogP contribution in [0.15, 0.2) is 35.2 Å². The second-order valence-corrected chi connectivity index (χ2v) is 5.79. The number of hydrogen-bond donors (Lipinski definition) is 2. The summed E-state index contributed by atoms with van der Waals surface area (Å²) in [5, 5.41) is 9.97. The zero-order valence-corrected chi connectivity index (χ0v) is 13.0. The monoisotopic (exact) mass is 319 g/mol. The van der Waals surface area contributed by atoms with Gasteiger partial charge in [0.15, 0.2) is 16.5 Å². The molecule has 0 saturated carbocycles. The molecule has 0 aliphatic rings. The van der Waals surface area contributed by atoms with Gasteiger partial charge in [-0.25, -0.2) is 8.42 Å². The maximum atomic E-state index is 11.3. The number of phenolic OH excluding ortho intramolecular Hbond substituents is 1. The summed E-state index contributed by atoms with van der Waals surface area (Å²) in [5.41, 5.74) is 1.40. The first-order chi connectivity index (χ1) is 10.4. The largest absolute Gasteiger partial charge is 0.507 e. The fraction of sp³-hybridized carbons (Fsp3) is 0.188. The van der Waals surface area contributed by atoms with E-state index in [0.717, 1.165) is 0 Å². The molecule has 6 heteroatoms. The van der Waals surface area contributed by atoms with Gasteiger partial charge in [-0.1, -0.05) is 6.07 Å². The summed E-state index contributed by atoms with van der Waals surface area (Å²) in [5.74, 6) is 0.144. The Bertz CT molecular complexity index is 768. The predicted molar refractivity (Wildman–Crippen MR) is 81.0 cm³/mol. The highest BCUT2D eigenvalue weighted by Gasteiger charge is 2.13. The molecule has 22 heavy (non-hydrogen) atoms. The molecule has 115 valence electrons. The maximum Gasteiger partial charge on any atom is 0.168 e. The van der Waals surface area contributed by atoms with Gasteiger partial charge < -0.3 is 9.84 Å². The Hall–Kier alpha value is -2.34. The molecule has 0 aromatic heterocycles. The van der Waals surface area contributed by atoms with Gasteiger partial charge in [0.2, 0.25) is 0 Å². The van der Waals surface area contributed by atoms with Crippen molar-refractivity contribution in [1.82, 2.24) is 0 Å². The van der Waals surface area contributed by atoms with E-state index in [4.69, 9.17) is 4.74 Å². The lowest BCUT2D eigenvalue weighted by Crippen LogP contribution is -2.00. The molecule has 0 bridgehead atoms.